The number of benzene rings is 2. The van der Waals surface area contributed by atoms with Gasteiger partial charge in [0.15, 0.2) is 0 Å². The number of carbonyl (C=O) groups excluding carboxylic acids is 1. The molecule has 1 N–H and O–H groups in total. The van der Waals surface area contributed by atoms with Crippen molar-refractivity contribution < 1.29 is 17.9 Å². The average molecular weight is 471 g/mol. The Morgan fingerprint density at radius 3 is 2.58 bits per heavy atom. The van der Waals surface area contributed by atoms with E-state index in [-0.39, 0.29) is 16.7 Å². The first kappa shape index (κ1) is 23.3. The third kappa shape index (κ3) is 5.36. The molecular weight excluding hydrogens is 440 g/mol. The molecule has 0 saturated carbocycles. The smallest absolute Gasteiger partial charge is 0.243 e. The van der Waals surface area contributed by atoms with E-state index in [2.05, 4.69) is 14.9 Å². The molecule has 0 unspecified atom stereocenters. The third-order valence-corrected chi connectivity index (χ3v) is 7.91. The van der Waals surface area contributed by atoms with Crippen LogP contribution >= 0.6 is 0 Å². The molecule has 3 aromatic rings. The Morgan fingerprint density at radius 2 is 1.85 bits per heavy atom. The fourth-order valence-electron chi connectivity index (χ4n) is 4.18. The van der Waals surface area contributed by atoms with E-state index < -0.39 is 10.0 Å². The number of hydrogen-bond acceptors (Lipinski definition) is 5. The highest BCUT2D eigenvalue weighted by Gasteiger charge is 2.32. The van der Waals surface area contributed by atoms with Gasteiger partial charge in [-0.05, 0) is 62.6 Å². The average Bonchev–Trinajstić information content (AvgIpc) is 3.25. The Balaban J connectivity index is 1.23. The maximum absolute atomic E-state index is 12.9. The Hall–Kier alpha value is -2.91. The van der Waals surface area contributed by atoms with E-state index in [4.69, 9.17) is 4.74 Å². The van der Waals surface area contributed by atoms with Crippen molar-refractivity contribution in [1.29, 1.82) is 0 Å². The quantitative estimate of drug-likeness (QED) is 0.485. The van der Waals surface area contributed by atoms with Gasteiger partial charge in [0, 0.05) is 32.1 Å². The summed E-state index contributed by atoms with van der Waals surface area (Å²) in [6.07, 6.45) is 3.67. The van der Waals surface area contributed by atoms with Gasteiger partial charge in [0.2, 0.25) is 15.9 Å². The summed E-state index contributed by atoms with van der Waals surface area (Å²) in [5.74, 6) is 0.488. The molecule has 0 aliphatic carbocycles. The number of fused-ring (bicyclic) bond motifs is 1. The van der Waals surface area contributed by atoms with Crippen molar-refractivity contribution in [2.24, 2.45) is 5.92 Å². The van der Waals surface area contributed by atoms with Gasteiger partial charge in [0.1, 0.15) is 5.75 Å². The lowest BCUT2D eigenvalue weighted by Crippen LogP contribution is -2.43. The number of aryl methyl sites for hydroxylation is 1. The number of ether oxygens (including phenoxy) is 1. The van der Waals surface area contributed by atoms with Gasteiger partial charge in [-0.15, -0.1) is 0 Å². The summed E-state index contributed by atoms with van der Waals surface area (Å²) in [5.41, 5.74) is 2.05. The molecule has 1 aliphatic rings. The fourth-order valence-corrected chi connectivity index (χ4v) is 5.65. The molecular formula is C24H30N4O4S. The van der Waals surface area contributed by atoms with Crippen LogP contribution in [0, 0.1) is 5.92 Å². The third-order valence-electron chi connectivity index (χ3n) is 6.00. The zero-order chi connectivity index (χ0) is 23.3. The van der Waals surface area contributed by atoms with Crippen LogP contribution in [0.25, 0.3) is 11.0 Å². The molecule has 176 valence electrons. The molecule has 0 radical (unpaired) electrons. The minimum absolute atomic E-state index is 0.00334. The Kier molecular flexibility index (Phi) is 7.29. The van der Waals surface area contributed by atoms with Crippen LogP contribution in [0.5, 0.6) is 5.75 Å². The number of hydrogen-bond donors (Lipinski definition) is 1. The first-order valence-corrected chi connectivity index (χ1v) is 12.8. The van der Waals surface area contributed by atoms with Gasteiger partial charge in [-0.1, -0.05) is 12.1 Å². The number of aromatic nitrogens is 2. The maximum atomic E-state index is 12.9. The Bertz CT molecular complexity index is 1180. The predicted molar refractivity (Wildman–Crippen MR) is 126 cm³/mol. The molecule has 1 aliphatic heterocycles. The zero-order valence-electron chi connectivity index (χ0n) is 18.8. The van der Waals surface area contributed by atoms with Crippen molar-refractivity contribution in [2.75, 3.05) is 26.2 Å². The van der Waals surface area contributed by atoms with Crippen molar-refractivity contribution in [2.45, 2.75) is 37.6 Å². The standard InChI is InChI=1S/C24H30N4O4S/c1-2-32-20-8-10-21(11-9-20)33(30,31)28-16-12-19(13-17-28)24(29)25-14-5-15-27-18-26-22-6-3-4-7-23(22)27/h3-4,6-11,18-19H,2,5,12-17H2,1H3,(H,25,29). The highest BCUT2D eigenvalue weighted by atomic mass is 32.2. The second-order valence-corrected chi connectivity index (χ2v) is 10.1. The number of piperidine rings is 1. The number of amides is 1. The molecule has 1 aromatic heterocycles. The zero-order valence-corrected chi connectivity index (χ0v) is 19.6. The highest BCUT2D eigenvalue weighted by Crippen LogP contribution is 2.25. The van der Waals surface area contributed by atoms with E-state index in [1.165, 1.54) is 4.31 Å². The maximum Gasteiger partial charge on any atom is 0.243 e. The number of sulfonamides is 1. The summed E-state index contributed by atoms with van der Waals surface area (Å²) in [7, 11) is -3.57. The van der Waals surface area contributed by atoms with Crippen LogP contribution in [0.1, 0.15) is 26.2 Å². The second kappa shape index (κ2) is 10.4. The van der Waals surface area contributed by atoms with Gasteiger partial charge in [-0.25, -0.2) is 13.4 Å². The van der Waals surface area contributed by atoms with E-state index >= 15 is 0 Å². The number of carbonyl (C=O) groups is 1. The van der Waals surface area contributed by atoms with Crippen LogP contribution in [-0.2, 0) is 21.4 Å². The molecule has 2 heterocycles. The summed E-state index contributed by atoms with van der Waals surface area (Å²) >= 11 is 0. The van der Waals surface area contributed by atoms with Gasteiger partial charge in [-0.3, -0.25) is 4.79 Å². The fraction of sp³-hybridized carbons (Fsp3) is 0.417. The van der Waals surface area contributed by atoms with Crippen molar-refractivity contribution in [3.63, 3.8) is 0 Å². The molecule has 1 amide bonds. The minimum Gasteiger partial charge on any atom is -0.494 e. The van der Waals surface area contributed by atoms with E-state index in [1.807, 2.05) is 37.5 Å². The van der Waals surface area contributed by atoms with Crippen molar-refractivity contribution >= 4 is 27.0 Å². The highest BCUT2D eigenvalue weighted by molar-refractivity contribution is 7.89. The van der Waals surface area contributed by atoms with Crippen molar-refractivity contribution in [3.8, 4) is 5.75 Å². The summed E-state index contributed by atoms with van der Waals surface area (Å²) in [6, 6.07) is 14.5. The lowest BCUT2D eigenvalue weighted by atomic mass is 9.97. The van der Waals surface area contributed by atoms with E-state index in [1.54, 1.807) is 24.3 Å². The normalized spacial score (nSPS) is 15.5. The number of nitrogens with one attached hydrogen (secondary N) is 1. The van der Waals surface area contributed by atoms with Gasteiger partial charge in [0.25, 0.3) is 0 Å². The molecule has 4 rings (SSSR count). The van der Waals surface area contributed by atoms with Crippen molar-refractivity contribution in [3.05, 3.63) is 54.9 Å². The lowest BCUT2D eigenvalue weighted by Gasteiger charge is -2.30. The Labute approximate surface area is 194 Å². The summed E-state index contributed by atoms with van der Waals surface area (Å²) in [4.78, 5) is 17.2. The lowest BCUT2D eigenvalue weighted by molar-refractivity contribution is -0.126. The molecule has 2 aromatic carbocycles. The molecule has 0 spiro atoms. The first-order chi connectivity index (χ1) is 16.0. The number of para-hydroxylation sites is 2. The number of rotatable bonds is 9. The van der Waals surface area contributed by atoms with Crippen LogP contribution in [0.3, 0.4) is 0 Å². The van der Waals surface area contributed by atoms with Crippen LogP contribution < -0.4 is 10.1 Å². The molecule has 0 bridgehead atoms. The predicted octanol–water partition coefficient (Wildman–Crippen LogP) is 3.04. The van der Waals surface area contributed by atoms with Crippen LogP contribution in [0.4, 0.5) is 0 Å². The minimum atomic E-state index is -3.57. The first-order valence-electron chi connectivity index (χ1n) is 11.4. The molecule has 33 heavy (non-hydrogen) atoms. The van der Waals surface area contributed by atoms with E-state index in [0.717, 1.165) is 24.0 Å². The second-order valence-electron chi connectivity index (χ2n) is 8.15. The van der Waals surface area contributed by atoms with E-state index in [0.29, 0.717) is 44.8 Å². The van der Waals surface area contributed by atoms with Gasteiger partial charge < -0.3 is 14.6 Å². The number of nitrogens with zero attached hydrogens (tertiary/aromatic N) is 3. The van der Waals surface area contributed by atoms with Gasteiger partial charge in [0.05, 0.1) is 28.9 Å². The monoisotopic (exact) mass is 470 g/mol. The summed E-state index contributed by atoms with van der Waals surface area (Å²) in [6.45, 7) is 4.45. The molecule has 8 nitrogen and oxygen atoms in total. The van der Waals surface area contributed by atoms with E-state index in [9.17, 15) is 13.2 Å². The molecule has 1 fully saturated rings. The summed E-state index contributed by atoms with van der Waals surface area (Å²) < 4.78 is 34.8. The van der Waals surface area contributed by atoms with Crippen LogP contribution in [0.15, 0.2) is 59.8 Å². The van der Waals surface area contributed by atoms with Crippen LogP contribution in [0.2, 0.25) is 0 Å². The topological polar surface area (TPSA) is 93.5 Å². The molecule has 1 saturated heterocycles. The molecule has 9 heteroatoms. The van der Waals surface area contributed by atoms with Gasteiger partial charge in [-0.2, -0.15) is 4.31 Å². The van der Waals surface area contributed by atoms with Crippen molar-refractivity contribution in [1.82, 2.24) is 19.2 Å². The Morgan fingerprint density at radius 1 is 1.12 bits per heavy atom. The summed E-state index contributed by atoms with van der Waals surface area (Å²) in [5, 5.41) is 3.01. The largest absolute Gasteiger partial charge is 0.494 e. The van der Waals surface area contributed by atoms with Gasteiger partial charge >= 0.3 is 0 Å². The van der Waals surface area contributed by atoms with Crippen LogP contribution in [-0.4, -0.2) is 54.4 Å². The number of imidazole rings is 1. The molecule has 0 atom stereocenters. The SMILES string of the molecule is CCOc1ccc(S(=O)(=O)N2CCC(C(=O)NCCCn3cnc4ccccc43)CC2)cc1.